The van der Waals surface area contributed by atoms with Crippen LogP contribution in [0.3, 0.4) is 0 Å². The molecule has 112 valence electrons. The Morgan fingerprint density at radius 1 is 0.696 bits per heavy atom. The SMILES string of the molecule is C(=Cc1ccccc1)/C(=N/Nc1ccccc1)c1ccccc1. The molecule has 0 unspecified atom stereocenters. The molecule has 2 nitrogen and oxygen atoms in total. The summed E-state index contributed by atoms with van der Waals surface area (Å²) in [5.41, 5.74) is 7.19. The zero-order valence-electron chi connectivity index (χ0n) is 12.8. The van der Waals surface area contributed by atoms with Crippen LogP contribution >= 0.6 is 0 Å². The summed E-state index contributed by atoms with van der Waals surface area (Å²) in [5, 5.41) is 4.56. The Kier molecular flexibility index (Phi) is 4.99. The third-order valence-corrected chi connectivity index (χ3v) is 3.38. The molecule has 0 aliphatic carbocycles. The van der Waals surface area contributed by atoms with Crippen LogP contribution in [0.15, 0.2) is 102 Å². The van der Waals surface area contributed by atoms with Crippen LogP contribution in [0.1, 0.15) is 11.1 Å². The van der Waals surface area contributed by atoms with Crippen LogP contribution in [0.2, 0.25) is 0 Å². The summed E-state index contributed by atoms with van der Waals surface area (Å²) < 4.78 is 0. The maximum absolute atomic E-state index is 4.56. The minimum Gasteiger partial charge on any atom is -0.278 e. The number of rotatable bonds is 5. The van der Waals surface area contributed by atoms with Crippen LogP contribution in [0.25, 0.3) is 6.08 Å². The van der Waals surface area contributed by atoms with Gasteiger partial charge in [-0.3, -0.25) is 5.43 Å². The number of anilines is 1. The monoisotopic (exact) mass is 298 g/mol. The van der Waals surface area contributed by atoms with Crippen molar-refractivity contribution >= 4 is 17.5 Å². The number of hydrogen-bond donors (Lipinski definition) is 1. The molecule has 0 bridgehead atoms. The first-order valence-electron chi connectivity index (χ1n) is 7.59. The second-order valence-corrected chi connectivity index (χ2v) is 5.08. The van der Waals surface area contributed by atoms with E-state index in [2.05, 4.69) is 40.9 Å². The van der Waals surface area contributed by atoms with E-state index >= 15 is 0 Å². The predicted molar refractivity (Wildman–Crippen MR) is 98.5 cm³/mol. The molecule has 0 aromatic heterocycles. The summed E-state index contributed by atoms with van der Waals surface area (Å²) in [6, 6.07) is 30.3. The fourth-order valence-electron chi connectivity index (χ4n) is 2.18. The average Bonchev–Trinajstić information content (AvgIpc) is 2.64. The van der Waals surface area contributed by atoms with Gasteiger partial charge >= 0.3 is 0 Å². The molecule has 0 saturated heterocycles. The van der Waals surface area contributed by atoms with E-state index < -0.39 is 0 Å². The zero-order chi connectivity index (χ0) is 15.7. The van der Waals surface area contributed by atoms with E-state index in [1.807, 2.05) is 72.8 Å². The molecule has 2 heteroatoms. The van der Waals surface area contributed by atoms with Gasteiger partial charge in [-0.15, -0.1) is 0 Å². The fraction of sp³-hybridized carbons (Fsp3) is 0. The molecule has 0 aliphatic heterocycles. The van der Waals surface area contributed by atoms with Crippen LogP contribution in [-0.4, -0.2) is 5.71 Å². The molecule has 3 rings (SSSR count). The highest BCUT2D eigenvalue weighted by atomic mass is 15.3. The lowest BCUT2D eigenvalue weighted by Crippen LogP contribution is -2.01. The van der Waals surface area contributed by atoms with Gasteiger partial charge in [0.2, 0.25) is 0 Å². The Hall–Kier alpha value is -3.13. The molecule has 1 N–H and O–H groups in total. The van der Waals surface area contributed by atoms with E-state index in [0.29, 0.717) is 0 Å². The number of hydrogen-bond acceptors (Lipinski definition) is 2. The van der Waals surface area contributed by atoms with E-state index in [1.54, 1.807) is 0 Å². The summed E-state index contributed by atoms with van der Waals surface area (Å²) in [5.74, 6) is 0. The number of nitrogens with one attached hydrogen (secondary N) is 1. The molecular formula is C21H18N2. The normalized spacial score (nSPS) is 11.6. The van der Waals surface area contributed by atoms with Crippen LogP contribution in [-0.2, 0) is 0 Å². The van der Waals surface area contributed by atoms with Crippen molar-refractivity contribution in [2.75, 3.05) is 5.43 Å². The quantitative estimate of drug-likeness (QED) is 0.507. The fourth-order valence-corrected chi connectivity index (χ4v) is 2.18. The zero-order valence-corrected chi connectivity index (χ0v) is 12.8. The van der Waals surface area contributed by atoms with Crippen LogP contribution in [0.4, 0.5) is 5.69 Å². The Labute approximate surface area is 136 Å². The van der Waals surface area contributed by atoms with Gasteiger partial charge in [-0.1, -0.05) is 84.9 Å². The number of nitrogens with zero attached hydrogens (tertiary/aromatic N) is 1. The predicted octanol–water partition coefficient (Wildman–Crippen LogP) is 5.22. The summed E-state index contributed by atoms with van der Waals surface area (Å²) in [6.07, 6.45) is 4.10. The lowest BCUT2D eigenvalue weighted by Gasteiger charge is -2.04. The van der Waals surface area contributed by atoms with Gasteiger partial charge in [0.15, 0.2) is 0 Å². The van der Waals surface area contributed by atoms with Gasteiger partial charge in [-0.25, -0.2) is 0 Å². The largest absolute Gasteiger partial charge is 0.278 e. The first kappa shape index (κ1) is 14.8. The number of allylic oxidation sites excluding steroid dienone is 1. The van der Waals surface area contributed by atoms with Gasteiger partial charge in [0.05, 0.1) is 11.4 Å². The highest BCUT2D eigenvalue weighted by Crippen LogP contribution is 2.09. The molecule has 23 heavy (non-hydrogen) atoms. The van der Waals surface area contributed by atoms with Gasteiger partial charge in [-0.2, -0.15) is 5.10 Å². The van der Waals surface area contributed by atoms with Crippen LogP contribution in [0, 0.1) is 0 Å². The summed E-state index contributed by atoms with van der Waals surface area (Å²) in [4.78, 5) is 0. The summed E-state index contributed by atoms with van der Waals surface area (Å²) >= 11 is 0. The molecule has 0 spiro atoms. The molecule has 0 amide bonds. The summed E-state index contributed by atoms with van der Waals surface area (Å²) in [6.45, 7) is 0. The lowest BCUT2D eigenvalue weighted by molar-refractivity contribution is 1.33. The van der Waals surface area contributed by atoms with E-state index in [1.165, 1.54) is 0 Å². The Morgan fingerprint density at radius 2 is 1.26 bits per heavy atom. The van der Waals surface area contributed by atoms with E-state index in [9.17, 15) is 0 Å². The molecule has 0 radical (unpaired) electrons. The third-order valence-electron chi connectivity index (χ3n) is 3.38. The molecule has 0 heterocycles. The first-order chi connectivity index (χ1) is 11.4. The second kappa shape index (κ2) is 7.76. The van der Waals surface area contributed by atoms with Crippen LogP contribution < -0.4 is 5.43 Å². The second-order valence-electron chi connectivity index (χ2n) is 5.08. The van der Waals surface area contributed by atoms with Crippen molar-refractivity contribution in [2.45, 2.75) is 0 Å². The van der Waals surface area contributed by atoms with Crippen LogP contribution in [0.5, 0.6) is 0 Å². The van der Waals surface area contributed by atoms with E-state index in [-0.39, 0.29) is 0 Å². The van der Waals surface area contributed by atoms with E-state index in [4.69, 9.17) is 0 Å². The highest BCUT2D eigenvalue weighted by Gasteiger charge is 1.99. The van der Waals surface area contributed by atoms with Gasteiger partial charge in [0.1, 0.15) is 0 Å². The van der Waals surface area contributed by atoms with Gasteiger partial charge in [0, 0.05) is 5.56 Å². The Balaban J connectivity index is 1.86. The van der Waals surface area contributed by atoms with Crippen molar-refractivity contribution in [1.82, 2.24) is 0 Å². The first-order valence-corrected chi connectivity index (χ1v) is 7.59. The van der Waals surface area contributed by atoms with Gasteiger partial charge in [0.25, 0.3) is 0 Å². The van der Waals surface area contributed by atoms with Gasteiger partial charge < -0.3 is 0 Å². The van der Waals surface area contributed by atoms with Crippen molar-refractivity contribution in [2.24, 2.45) is 5.10 Å². The number of benzene rings is 3. The minimum absolute atomic E-state index is 0.887. The Bertz CT molecular complexity index is 776. The van der Waals surface area contributed by atoms with Gasteiger partial charge in [-0.05, 0) is 23.8 Å². The topological polar surface area (TPSA) is 24.4 Å². The number of para-hydroxylation sites is 1. The Morgan fingerprint density at radius 3 is 1.91 bits per heavy atom. The van der Waals surface area contributed by atoms with Crippen molar-refractivity contribution in [1.29, 1.82) is 0 Å². The third kappa shape index (κ3) is 4.42. The summed E-state index contributed by atoms with van der Waals surface area (Å²) in [7, 11) is 0. The smallest absolute Gasteiger partial charge is 0.0905 e. The van der Waals surface area contributed by atoms with E-state index in [0.717, 1.165) is 22.5 Å². The van der Waals surface area contributed by atoms with Crippen molar-refractivity contribution in [3.63, 3.8) is 0 Å². The average molecular weight is 298 g/mol. The molecule has 0 fully saturated rings. The van der Waals surface area contributed by atoms with Crippen molar-refractivity contribution < 1.29 is 0 Å². The molecule has 0 saturated carbocycles. The minimum atomic E-state index is 0.887. The molecule has 0 atom stereocenters. The van der Waals surface area contributed by atoms with Crippen molar-refractivity contribution in [3.8, 4) is 0 Å². The molecular weight excluding hydrogens is 280 g/mol. The van der Waals surface area contributed by atoms with Crippen molar-refractivity contribution in [3.05, 3.63) is 108 Å². The lowest BCUT2D eigenvalue weighted by atomic mass is 10.1. The maximum atomic E-state index is 4.56. The molecule has 3 aromatic rings. The standard InChI is InChI=1S/C21H18N2/c1-4-10-18(11-5-1)16-17-21(19-12-6-2-7-13-19)23-22-20-14-8-3-9-15-20/h1-17,22H/b17-16?,23-21-. The number of hydrazone groups is 1. The molecule has 0 aliphatic rings. The highest BCUT2D eigenvalue weighted by molar-refractivity contribution is 6.11. The molecule has 3 aromatic carbocycles. The maximum Gasteiger partial charge on any atom is 0.0905 e.